The van der Waals surface area contributed by atoms with Crippen molar-refractivity contribution in [3.05, 3.63) is 35.4 Å². The highest BCUT2D eigenvalue weighted by molar-refractivity contribution is 7.88. The van der Waals surface area contributed by atoms with Crippen LogP contribution in [0.2, 0.25) is 0 Å². The first-order valence-corrected chi connectivity index (χ1v) is 7.36. The van der Waals surface area contributed by atoms with Gasteiger partial charge in [0.25, 0.3) is 0 Å². The average Bonchev–Trinajstić information content (AvgIpc) is 2.24. The number of hydrogen-bond donors (Lipinski definition) is 2. The summed E-state index contributed by atoms with van der Waals surface area (Å²) >= 11 is 0. The summed E-state index contributed by atoms with van der Waals surface area (Å²) in [4.78, 5) is 0. The first kappa shape index (κ1) is 17.4. The maximum Gasteiger partial charge on any atom is 0.215 e. The van der Waals surface area contributed by atoms with Crippen molar-refractivity contribution in [2.75, 3.05) is 20.1 Å². The highest BCUT2D eigenvalue weighted by Gasteiger charge is 2.10. The van der Waals surface area contributed by atoms with E-state index in [0.717, 1.165) is 24.1 Å². The van der Waals surface area contributed by atoms with Crippen LogP contribution in [0.5, 0.6) is 0 Å². The average molecular weight is 293 g/mol. The summed E-state index contributed by atoms with van der Waals surface area (Å²) in [6, 6.07) is 7.56. The van der Waals surface area contributed by atoms with Crippen LogP contribution in [0.25, 0.3) is 0 Å². The molecule has 0 atom stereocenters. The molecule has 0 unspecified atom stereocenters. The molecule has 0 aromatic heterocycles. The Kier molecular flexibility index (Phi) is 8.18. The van der Waals surface area contributed by atoms with E-state index in [1.54, 1.807) is 0 Å². The van der Waals surface area contributed by atoms with Crippen molar-refractivity contribution in [2.45, 2.75) is 19.1 Å². The molecular formula is C12H21ClN2O2S. The smallest absolute Gasteiger partial charge is 0.215 e. The summed E-state index contributed by atoms with van der Waals surface area (Å²) in [5, 5.41) is 2.98. The second-order valence-electron chi connectivity index (χ2n) is 4.10. The van der Waals surface area contributed by atoms with Gasteiger partial charge in [0.05, 0.1) is 5.75 Å². The highest BCUT2D eigenvalue weighted by Crippen LogP contribution is 2.07. The Morgan fingerprint density at radius 2 is 1.94 bits per heavy atom. The lowest BCUT2D eigenvalue weighted by Crippen LogP contribution is -2.27. The molecule has 0 aliphatic rings. The molecule has 0 amide bonds. The topological polar surface area (TPSA) is 58.2 Å². The monoisotopic (exact) mass is 292 g/mol. The Labute approximate surface area is 116 Å². The minimum absolute atomic E-state index is 0. The largest absolute Gasteiger partial charge is 0.320 e. The van der Waals surface area contributed by atoms with Crippen molar-refractivity contribution < 1.29 is 8.42 Å². The fourth-order valence-corrected chi connectivity index (χ4v) is 2.74. The van der Waals surface area contributed by atoms with Gasteiger partial charge in [-0.3, -0.25) is 0 Å². The SMILES string of the molecule is CNCCCNS(=O)(=O)Cc1cccc(C)c1.Cl. The molecule has 0 radical (unpaired) electrons. The van der Waals surface area contributed by atoms with Gasteiger partial charge < -0.3 is 5.32 Å². The van der Waals surface area contributed by atoms with Crippen molar-refractivity contribution in [3.8, 4) is 0 Å². The van der Waals surface area contributed by atoms with Gasteiger partial charge in [-0.1, -0.05) is 29.8 Å². The predicted octanol–water partition coefficient (Wildman–Crippen LogP) is 1.45. The molecule has 0 spiro atoms. The van der Waals surface area contributed by atoms with E-state index in [-0.39, 0.29) is 18.2 Å². The van der Waals surface area contributed by atoms with Crippen molar-refractivity contribution in [1.29, 1.82) is 0 Å². The molecule has 4 nitrogen and oxygen atoms in total. The van der Waals surface area contributed by atoms with Gasteiger partial charge in [0.2, 0.25) is 10.0 Å². The Hall–Kier alpha value is -0.620. The number of nitrogens with one attached hydrogen (secondary N) is 2. The van der Waals surface area contributed by atoms with Crippen LogP contribution >= 0.6 is 12.4 Å². The van der Waals surface area contributed by atoms with Crippen molar-refractivity contribution >= 4 is 22.4 Å². The maximum atomic E-state index is 11.7. The van der Waals surface area contributed by atoms with E-state index in [4.69, 9.17) is 0 Å². The van der Waals surface area contributed by atoms with Crippen LogP contribution < -0.4 is 10.0 Å². The van der Waals surface area contributed by atoms with Crippen LogP contribution in [-0.2, 0) is 15.8 Å². The number of rotatable bonds is 7. The third-order valence-electron chi connectivity index (χ3n) is 2.36. The van der Waals surface area contributed by atoms with Gasteiger partial charge >= 0.3 is 0 Å². The summed E-state index contributed by atoms with van der Waals surface area (Å²) < 4.78 is 26.1. The third-order valence-corrected chi connectivity index (χ3v) is 3.72. The maximum absolute atomic E-state index is 11.7. The molecule has 0 saturated carbocycles. The van der Waals surface area contributed by atoms with E-state index < -0.39 is 10.0 Å². The van der Waals surface area contributed by atoms with Crippen LogP contribution in [0, 0.1) is 6.92 Å². The lowest BCUT2D eigenvalue weighted by Gasteiger charge is -2.07. The standard InChI is InChI=1S/C12H20N2O2S.ClH/c1-11-5-3-6-12(9-11)10-17(15,16)14-8-4-7-13-2;/h3,5-6,9,13-14H,4,7-8,10H2,1-2H3;1H. The molecule has 0 heterocycles. The lowest BCUT2D eigenvalue weighted by molar-refractivity contribution is 0.576. The molecule has 6 heteroatoms. The fourth-order valence-electron chi connectivity index (χ4n) is 1.57. The lowest BCUT2D eigenvalue weighted by atomic mass is 10.2. The van der Waals surface area contributed by atoms with Crippen LogP contribution in [-0.4, -0.2) is 28.6 Å². The van der Waals surface area contributed by atoms with Crippen LogP contribution in [0.1, 0.15) is 17.5 Å². The van der Waals surface area contributed by atoms with Crippen molar-refractivity contribution in [2.24, 2.45) is 0 Å². The van der Waals surface area contributed by atoms with Gasteiger partial charge in [-0.25, -0.2) is 13.1 Å². The number of sulfonamides is 1. The van der Waals surface area contributed by atoms with Crippen LogP contribution in [0.4, 0.5) is 0 Å². The van der Waals surface area contributed by atoms with Gasteiger partial charge in [0.1, 0.15) is 0 Å². The molecule has 2 N–H and O–H groups in total. The van der Waals surface area contributed by atoms with E-state index in [1.807, 2.05) is 38.2 Å². The minimum Gasteiger partial charge on any atom is -0.320 e. The zero-order valence-electron chi connectivity index (χ0n) is 10.8. The van der Waals surface area contributed by atoms with Crippen LogP contribution in [0.15, 0.2) is 24.3 Å². The van der Waals surface area contributed by atoms with E-state index in [0.29, 0.717) is 6.54 Å². The van der Waals surface area contributed by atoms with Crippen molar-refractivity contribution in [1.82, 2.24) is 10.0 Å². The molecule has 1 rings (SSSR count). The summed E-state index contributed by atoms with van der Waals surface area (Å²) in [6.45, 7) is 3.25. The summed E-state index contributed by atoms with van der Waals surface area (Å²) in [6.07, 6.45) is 0.795. The summed E-state index contributed by atoms with van der Waals surface area (Å²) in [5.74, 6) is 0.0498. The normalized spacial score (nSPS) is 11.0. The molecule has 0 bridgehead atoms. The molecule has 1 aromatic carbocycles. The molecule has 18 heavy (non-hydrogen) atoms. The van der Waals surface area contributed by atoms with Gasteiger partial charge in [0, 0.05) is 6.54 Å². The zero-order chi connectivity index (χ0) is 12.7. The minimum atomic E-state index is -3.21. The Bertz CT molecular complexity index is 449. The second kappa shape index (κ2) is 8.48. The van der Waals surface area contributed by atoms with Gasteiger partial charge in [-0.05, 0) is 32.5 Å². The second-order valence-corrected chi connectivity index (χ2v) is 5.91. The van der Waals surface area contributed by atoms with Crippen LogP contribution in [0.3, 0.4) is 0 Å². The van der Waals surface area contributed by atoms with Gasteiger partial charge in [0.15, 0.2) is 0 Å². The highest BCUT2D eigenvalue weighted by atomic mass is 35.5. The van der Waals surface area contributed by atoms with Gasteiger partial charge in [-0.15, -0.1) is 12.4 Å². The molecule has 104 valence electrons. The van der Waals surface area contributed by atoms with Crippen molar-refractivity contribution in [3.63, 3.8) is 0 Å². The van der Waals surface area contributed by atoms with Gasteiger partial charge in [-0.2, -0.15) is 0 Å². The molecule has 0 aliphatic heterocycles. The Morgan fingerprint density at radius 3 is 2.56 bits per heavy atom. The van der Waals surface area contributed by atoms with E-state index in [1.165, 1.54) is 0 Å². The zero-order valence-corrected chi connectivity index (χ0v) is 12.4. The molecular weight excluding hydrogens is 272 g/mol. The Balaban J connectivity index is 0.00000289. The Morgan fingerprint density at radius 1 is 1.22 bits per heavy atom. The predicted molar refractivity (Wildman–Crippen MR) is 77.6 cm³/mol. The molecule has 0 aliphatic carbocycles. The number of hydrogen-bond acceptors (Lipinski definition) is 3. The first-order chi connectivity index (χ1) is 8.03. The van der Waals surface area contributed by atoms with E-state index >= 15 is 0 Å². The summed E-state index contributed by atoms with van der Waals surface area (Å²) in [7, 11) is -1.36. The number of aryl methyl sites for hydroxylation is 1. The van der Waals surface area contributed by atoms with E-state index in [2.05, 4.69) is 10.0 Å². The number of halogens is 1. The quantitative estimate of drug-likeness (QED) is 0.748. The third kappa shape index (κ3) is 6.96. The first-order valence-electron chi connectivity index (χ1n) is 5.71. The summed E-state index contributed by atoms with van der Waals surface area (Å²) in [5.41, 5.74) is 1.90. The number of benzene rings is 1. The molecule has 1 aromatic rings. The molecule has 0 fully saturated rings. The van der Waals surface area contributed by atoms with E-state index in [9.17, 15) is 8.42 Å². The fraction of sp³-hybridized carbons (Fsp3) is 0.500. The molecule has 0 saturated heterocycles.